The van der Waals surface area contributed by atoms with Gasteiger partial charge in [-0.05, 0) is 43.7 Å². The monoisotopic (exact) mass is 543 g/mol. The van der Waals surface area contributed by atoms with Gasteiger partial charge in [-0.2, -0.15) is 0 Å². The molecule has 39 heavy (non-hydrogen) atoms. The summed E-state index contributed by atoms with van der Waals surface area (Å²) in [5.41, 5.74) is 3.23. The molecule has 4 aromatic rings. The number of thiazole rings is 1. The molecule has 0 saturated heterocycles. The Balaban J connectivity index is 1.75. The zero-order valence-corrected chi connectivity index (χ0v) is 23.1. The molecule has 0 aliphatic carbocycles. The van der Waals surface area contributed by atoms with E-state index in [0.717, 1.165) is 16.5 Å². The molecular formula is C30H29N3O5S. The molecule has 8 nitrogen and oxygen atoms in total. The lowest BCUT2D eigenvalue weighted by molar-refractivity contribution is -0.139. The van der Waals surface area contributed by atoms with E-state index in [4.69, 9.17) is 14.2 Å². The molecule has 0 amide bonds. The Morgan fingerprint density at radius 2 is 1.92 bits per heavy atom. The summed E-state index contributed by atoms with van der Waals surface area (Å²) in [6.07, 6.45) is 5.75. The van der Waals surface area contributed by atoms with E-state index in [1.165, 1.54) is 11.3 Å². The zero-order valence-electron chi connectivity index (χ0n) is 22.3. The van der Waals surface area contributed by atoms with E-state index in [2.05, 4.69) is 16.1 Å². The highest BCUT2D eigenvalue weighted by atomic mass is 32.1. The fraction of sp³-hybridized carbons (Fsp3) is 0.233. The summed E-state index contributed by atoms with van der Waals surface area (Å²) in [7, 11) is 3.10. The van der Waals surface area contributed by atoms with Crippen molar-refractivity contribution >= 4 is 34.3 Å². The van der Waals surface area contributed by atoms with E-state index in [0.29, 0.717) is 44.2 Å². The molecule has 200 valence electrons. The Kier molecular flexibility index (Phi) is 7.26. The van der Waals surface area contributed by atoms with Crippen LogP contribution in [-0.2, 0) is 16.1 Å². The summed E-state index contributed by atoms with van der Waals surface area (Å²) in [4.78, 5) is 32.4. The second-order valence-electron chi connectivity index (χ2n) is 8.96. The summed E-state index contributed by atoms with van der Waals surface area (Å²) in [5.74, 6) is 0.522. The van der Waals surface area contributed by atoms with E-state index in [-0.39, 0.29) is 12.2 Å². The number of benzene rings is 2. The molecule has 0 fully saturated rings. The Morgan fingerprint density at radius 3 is 2.64 bits per heavy atom. The fourth-order valence-corrected chi connectivity index (χ4v) is 5.99. The highest BCUT2D eigenvalue weighted by molar-refractivity contribution is 7.07. The lowest BCUT2D eigenvalue weighted by Crippen LogP contribution is -2.39. The average molecular weight is 544 g/mol. The normalized spacial score (nSPS) is 15.2. The van der Waals surface area contributed by atoms with Crippen LogP contribution in [0.15, 0.2) is 82.4 Å². The minimum Gasteiger partial charge on any atom is -0.493 e. The fourth-order valence-electron chi connectivity index (χ4n) is 4.95. The number of nitrogens with zero attached hydrogens (tertiary/aromatic N) is 3. The van der Waals surface area contributed by atoms with Crippen LogP contribution in [0.1, 0.15) is 31.0 Å². The molecule has 3 heterocycles. The molecule has 1 aliphatic rings. The third-order valence-electron chi connectivity index (χ3n) is 6.67. The first-order valence-corrected chi connectivity index (χ1v) is 13.3. The first-order valence-electron chi connectivity index (χ1n) is 12.5. The number of carbonyl (C=O) groups excluding carboxylic acids is 1. The quantitative estimate of drug-likeness (QED) is 0.248. The summed E-state index contributed by atoms with van der Waals surface area (Å²) >= 11 is 1.29. The molecule has 2 aromatic carbocycles. The molecule has 1 unspecified atom stereocenters. The molecule has 5 rings (SSSR count). The highest BCUT2D eigenvalue weighted by Crippen LogP contribution is 2.36. The van der Waals surface area contributed by atoms with Crippen LogP contribution in [-0.4, -0.2) is 35.9 Å². The first-order chi connectivity index (χ1) is 18.9. The molecule has 1 atom stereocenters. The minimum absolute atomic E-state index is 0.202. The van der Waals surface area contributed by atoms with Crippen LogP contribution in [0.5, 0.6) is 11.5 Å². The number of methoxy groups -OCH3 is 2. The van der Waals surface area contributed by atoms with Gasteiger partial charge in [0.05, 0.1) is 42.7 Å². The van der Waals surface area contributed by atoms with Crippen molar-refractivity contribution in [2.45, 2.75) is 26.4 Å². The molecule has 2 aromatic heterocycles. The smallest absolute Gasteiger partial charge is 0.338 e. The predicted molar refractivity (Wildman–Crippen MR) is 152 cm³/mol. The molecule has 0 saturated carbocycles. The van der Waals surface area contributed by atoms with Gasteiger partial charge in [0.15, 0.2) is 16.3 Å². The number of allylic oxidation sites excluding steroid dienone is 2. The van der Waals surface area contributed by atoms with E-state index in [9.17, 15) is 9.59 Å². The van der Waals surface area contributed by atoms with Crippen molar-refractivity contribution in [2.75, 3.05) is 20.8 Å². The molecule has 0 bridgehead atoms. The Morgan fingerprint density at radius 1 is 1.15 bits per heavy atom. The van der Waals surface area contributed by atoms with Gasteiger partial charge in [-0.1, -0.05) is 41.7 Å². The number of carbonyl (C=O) groups is 1. The molecule has 9 heteroatoms. The molecule has 0 N–H and O–H groups in total. The SMILES string of the molecule is C=CCn1cc(/C=c2/sc3n(c2=O)C(c2ccc(OC)c(OC)c2)C(C(=O)OCC)=C(C)N=3)c2ccccc21. The summed E-state index contributed by atoms with van der Waals surface area (Å²) in [6, 6.07) is 12.7. The summed E-state index contributed by atoms with van der Waals surface area (Å²) in [6.45, 7) is 8.22. The van der Waals surface area contributed by atoms with E-state index < -0.39 is 12.0 Å². The standard InChI is InChI=1S/C30H29N3O5S/c1-6-14-32-17-20(21-10-8-9-11-22(21)32)16-25-28(34)33-27(19-12-13-23(36-4)24(15-19)37-5)26(29(35)38-7-2)18(3)31-30(33)39-25/h6,8-13,15-17,27H,1,7,14H2,2-5H3/b25-16+. The topological polar surface area (TPSA) is 84.0 Å². The third kappa shape index (κ3) is 4.59. The van der Waals surface area contributed by atoms with Gasteiger partial charge in [0.1, 0.15) is 0 Å². The van der Waals surface area contributed by atoms with Crippen molar-refractivity contribution < 1.29 is 19.0 Å². The zero-order chi connectivity index (χ0) is 27.7. The van der Waals surface area contributed by atoms with Gasteiger partial charge in [-0.25, -0.2) is 9.79 Å². The number of hydrogen-bond donors (Lipinski definition) is 0. The molecule has 0 spiro atoms. The molecular weight excluding hydrogens is 514 g/mol. The van der Waals surface area contributed by atoms with Gasteiger partial charge < -0.3 is 18.8 Å². The van der Waals surface area contributed by atoms with Crippen molar-refractivity contribution in [3.8, 4) is 11.5 Å². The maximum absolute atomic E-state index is 14.0. The van der Waals surface area contributed by atoms with E-state index in [1.54, 1.807) is 44.8 Å². The first kappa shape index (κ1) is 26.2. The Labute approximate surface area is 229 Å². The predicted octanol–water partition coefficient (Wildman–Crippen LogP) is 3.96. The Bertz CT molecular complexity index is 1810. The number of esters is 1. The van der Waals surface area contributed by atoms with Crippen LogP contribution < -0.4 is 24.4 Å². The number of rotatable bonds is 8. The maximum Gasteiger partial charge on any atom is 0.338 e. The minimum atomic E-state index is -0.746. The second kappa shape index (κ2) is 10.8. The summed E-state index contributed by atoms with van der Waals surface area (Å²) < 4.78 is 20.5. The van der Waals surface area contributed by atoms with Gasteiger partial charge in [0.25, 0.3) is 5.56 Å². The van der Waals surface area contributed by atoms with E-state index in [1.807, 2.05) is 48.7 Å². The lowest BCUT2D eigenvalue weighted by Gasteiger charge is -2.25. The van der Waals surface area contributed by atoms with Crippen LogP contribution in [0.4, 0.5) is 0 Å². The van der Waals surface area contributed by atoms with Gasteiger partial charge in [-0.15, -0.1) is 6.58 Å². The lowest BCUT2D eigenvalue weighted by atomic mass is 9.95. The Hall–Kier alpha value is -4.37. The second-order valence-corrected chi connectivity index (χ2v) is 9.97. The van der Waals surface area contributed by atoms with Crippen molar-refractivity contribution in [3.05, 3.63) is 103 Å². The average Bonchev–Trinajstić information content (AvgIpc) is 3.44. The van der Waals surface area contributed by atoms with Crippen LogP contribution in [0.25, 0.3) is 17.0 Å². The maximum atomic E-state index is 14.0. The van der Waals surface area contributed by atoms with Gasteiger partial charge >= 0.3 is 5.97 Å². The van der Waals surface area contributed by atoms with Gasteiger partial charge in [-0.3, -0.25) is 9.36 Å². The molecule has 1 aliphatic heterocycles. The molecule has 0 radical (unpaired) electrons. The third-order valence-corrected chi connectivity index (χ3v) is 7.66. The van der Waals surface area contributed by atoms with Crippen LogP contribution in [0, 0.1) is 0 Å². The van der Waals surface area contributed by atoms with Crippen molar-refractivity contribution in [1.82, 2.24) is 9.13 Å². The van der Waals surface area contributed by atoms with Crippen molar-refractivity contribution in [1.29, 1.82) is 0 Å². The van der Waals surface area contributed by atoms with Gasteiger partial charge in [0.2, 0.25) is 0 Å². The number of fused-ring (bicyclic) bond motifs is 2. The van der Waals surface area contributed by atoms with Crippen molar-refractivity contribution in [3.63, 3.8) is 0 Å². The number of hydrogen-bond acceptors (Lipinski definition) is 7. The number of para-hydroxylation sites is 1. The van der Waals surface area contributed by atoms with Crippen LogP contribution in [0.2, 0.25) is 0 Å². The van der Waals surface area contributed by atoms with Crippen molar-refractivity contribution in [2.24, 2.45) is 4.99 Å². The number of ether oxygens (including phenoxy) is 3. The highest BCUT2D eigenvalue weighted by Gasteiger charge is 2.34. The van der Waals surface area contributed by atoms with Crippen LogP contribution in [0.3, 0.4) is 0 Å². The van der Waals surface area contributed by atoms with Gasteiger partial charge in [0, 0.05) is 29.2 Å². The van der Waals surface area contributed by atoms with Crippen LogP contribution >= 0.6 is 11.3 Å². The van der Waals surface area contributed by atoms with E-state index >= 15 is 0 Å². The largest absolute Gasteiger partial charge is 0.493 e. The number of aromatic nitrogens is 2. The summed E-state index contributed by atoms with van der Waals surface area (Å²) in [5, 5.41) is 1.03.